The molecule has 2 aromatic heterocycles. The summed E-state index contributed by atoms with van der Waals surface area (Å²) in [6, 6.07) is 15.5. The average Bonchev–Trinajstić information content (AvgIpc) is 3.12. The van der Waals surface area contributed by atoms with Gasteiger partial charge >= 0.3 is 6.03 Å². The van der Waals surface area contributed by atoms with Crippen molar-refractivity contribution in [3.8, 4) is 11.3 Å². The third-order valence-electron chi connectivity index (χ3n) is 3.76. The number of anilines is 2. The lowest BCUT2D eigenvalue weighted by Gasteiger charge is -2.09. The van der Waals surface area contributed by atoms with Crippen molar-refractivity contribution in [2.45, 2.75) is 0 Å². The molecular formula is C18H12Cl2N6O. The highest BCUT2D eigenvalue weighted by atomic mass is 35.5. The third kappa shape index (κ3) is 3.84. The minimum atomic E-state index is -0.396. The molecule has 0 aliphatic carbocycles. The van der Waals surface area contributed by atoms with Gasteiger partial charge in [0.05, 0.1) is 15.7 Å². The summed E-state index contributed by atoms with van der Waals surface area (Å²) in [5, 5.41) is 18.5. The number of halogens is 2. The fourth-order valence-electron chi connectivity index (χ4n) is 2.51. The van der Waals surface area contributed by atoms with E-state index in [-0.39, 0.29) is 0 Å². The van der Waals surface area contributed by atoms with Crippen LogP contribution >= 0.6 is 23.2 Å². The van der Waals surface area contributed by atoms with Crippen molar-refractivity contribution in [3.63, 3.8) is 0 Å². The molecule has 2 aromatic carbocycles. The molecule has 7 nitrogen and oxygen atoms in total. The van der Waals surface area contributed by atoms with Crippen LogP contribution in [0.3, 0.4) is 0 Å². The van der Waals surface area contributed by atoms with Crippen LogP contribution < -0.4 is 10.6 Å². The van der Waals surface area contributed by atoms with Crippen LogP contribution in [0.15, 0.2) is 60.9 Å². The zero-order valence-electron chi connectivity index (χ0n) is 13.7. The number of hydrogen-bond acceptors (Lipinski definition) is 4. The first-order chi connectivity index (χ1) is 13.1. The summed E-state index contributed by atoms with van der Waals surface area (Å²) in [5.41, 5.74) is 3.40. The second kappa shape index (κ2) is 7.22. The summed E-state index contributed by atoms with van der Waals surface area (Å²) in [4.78, 5) is 12.2. The Morgan fingerprint density at radius 1 is 0.926 bits per heavy atom. The largest absolute Gasteiger partial charge is 0.323 e. The Kier molecular flexibility index (Phi) is 4.62. The van der Waals surface area contributed by atoms with E-state index in [9.17, 15) is 4.79 Å². The van der Waals surface area contributed by atoms with E-state index >= 15 is 0 Å². The van der Waals surface area contributed by atoms with Gasteiger partial charge in [-0.15, -0.1) is 10.2 Å². The fourth-order valence-corrected chi connectivity index (χ4v) is 2.80. The molecule has 0 saturated heterocycles. The second-order valence-corrected chi connectivity index (χ2v) is 6.46. The summed E-state index contributed by atoms with van der Waals surface area (Å²) in [7, 11) is 0. The monoisotopic (exact) mass is 398 g/mol. The van der Waals surface area contributed by atoms with Crippen LogP contribution in [0.2, 0.25) is 10.0 Å². The van der Waals surface area contributed by atoms with Gasteiger partial charge in [-0.25, -0.2) is 4.79 Å². The standard InChI is InChI=1S/C18H12Cl2N6O/c19-14-5-4-13(9-15(14)20)23-18(27)22-12-3-1-2-11(8-12)16-6-7-17-24-21-10-26(17)25-16/h1-10H,(H2,22,23,27). The number of nitrogens with one attached hydrogen (secondary N) is 2. The summed E-state index contributed by atoms with van der Waals surface area (Å²) >= 11 is 11.8. The molecule has 0 radical (unpaired) electrons. The first-order valence-corrected chi connectivity index (χ1v) is 8.65. The highest BCUT2D eigenvalue weighted by Crippen LogP contribution is 2.25. The second-order valence-electron chi connectivity index (χ2n) is 5.64. The molecule has 2 N–H and O–H groups in total. The average molecular weight is 399 g/mol. The Hall–Kier alpha value is -3.16. The molecule has 0 aliphatic rings. The first kappa shape index (κ1) is 17.3. The molecule has 0 spiro atoms. The normalized spacial score (nSPS) is 10.7. The molecule has 0 unspecified atom stereocenters. The predicted octanol–water partition coefficient (Wildman–Crippen LogP) is 4.74. The van der Waals surface area contributed by atoms with E-state index in [1.807, 2.05) is 30.3 Å². The highest BCUT2D eigenvalue weighted by Gasteiger charge is 2.07. The maximum atomic E-state index is 12.2. The number of rotatable bonds is 3. The highest BCUT2D eigenvalue weighted by molar-refractivity contribution is 6.42. The number of benzene rings is 2. The van der Waals surface area contributed by atoms with Crippen LogP contribution in [0.4, 0.5) is 16.2 Å². The van der Waals surface area contributed by atoms with Crippen LogP contribution in [0, 0.1) is 0 Å². The van der Waals surface area contributed by atoms with Crippen molar-refractivity contribution >= 4 is 46.3 Å². The number of carbonyl (C=O) groups is 1. The maximum Gasteiger partial charge on any atom is 0.323 e. The Bertz CT molecular complexity index is 1140. The van der Waals surface area contributed by atoms with Crippen LogP contribution in [0.1, 0.15) is 0 Å². The smallest absolute Gasteiger partial charge is 0.308 e. The van der Waals surface area contributed by atoms with E-state index in [0.717, 1.165) is 11.3 Å². The van der Waals surface area contributed by atoms with E-state index in [4.69, 9.17) is 23.2 Å². The molecule has 0 fully saturated rings. The van der Waals surface area contributed by atoms with Crippen molar-refractivity contribution in [2.75, 3.05) is 10.6 Å². The van der Waals surface area contributed by atoms with Crippen molar-refractivity contribution in [2.24, 2.45) is 0 Å². The van der Waals surface area contributed by atoms with E-state index in [2.05, 4.69) is 25.9 Å². The quantitative estimate of drug-likeness (QED) is 0.521. The molecule has 134 valence electrons. The van der Waals surface area contributed by atoms with E-state index in [0.29, 0.717) is 27.1 Å². The molecule has 27 heavy (non-hydrogen) atoms. The Labute approximate surface area is 163 Å². The summed E-state index contributed by atoms with van der Waals surface area (Å²) in [6.45, 7) is 0. The van der Waals surface area contributed by atoms with Crippen LogP contribution in [0.5, 0.6) is 0 Å². The van der Waals surface area contributed by atoms with E-state index < -0.39 is 6.03 Å². The lowest BCUT2D eigenvalue weighted by Crippen LogP contribution is -2.19. The van der Waals surface area contributed by atoms with Crippen LogP contribution in [-0.4, -0.2) is 25.8 Å². The minimum absolute atomic E-state index is 0.368. The lowest BCUT2D eigenvalue weighted by molar-refractivity contribution is 0.262. The van der Waals surface area contributed by atoms with Crippen molar-refractivity contribution in [1.29, 1.82) is 0 Å². The maximum absolute atomic E-state index is 12.2. The van der Waals surface area contributed by atoms with Gasteiger partial charge in [-0.3, -0.25) is 0 Å². The van der Waals surface area contributed by atoms with Gasteiger partial charge in [-0.05, 0) is 42.5 Å². The van der Waals surface area contributed by atoms with Crippen molar-refractivity contribution in [1.82, 2.24) is 19.8 Å². The van der Waals surface area contributed by atoms with Gasteiger partial charge < -0.3 is 10.6 Å². The van der Waals surface area contributed by atoms with E-state index in [1.54, 1.807) is 28.8 Å². The number of carbonyl (C=O) groups excluding carboxylic acids is 1. The molecule has 4 rings (SSSR count). The lowest BCUT2D eigenvalue weighted by atomic mass is 10.1. The molecule has 0 atom stereocenters. The van der Waals surface area contributed by atoms with Gasteiger partial charge in [0, 0.05) is 16.9 Å². The van der Waals surface area contributed by atoms with Crippen molar-refractivity contribution in [3.05, 3.63) is 71.0 Å². The van der Waals surface area contributed by atoms with E-state index in [1.165, 1.54) is 6.33 Å². The Balaban J connectivity index is 1.51. The molecule has 4 aromatic rings. The molecule has 2 amide bonds. The third-order valence-corrected chi connectivity index (χ3v) is 4.49. The SMILES string of the molecule is O=C(Nc1cccc(-c2ccc3nncn3n2)c1)Nc1ccc(Cl)c(Cl)c1. The zero-order valence-corrected chi connectivity index (χ0v) is 15.2. The summed E-state index contributed by atoms with van der Waals surface area (Å²) < 4.78 is 1.59. The van der Waals surface area contributed by atoms with Gasteiger partial charge in [0.15, 0.2) is 5.65 Å². The number of fused-ring (bicyclic) bond motifs is 1. The van der Waals surface area contributed by atoms with Gasteiger partial charge in [0.2, 0.25) is 0 Å². The molecule has 0 aliphatic heterocycles. The molecular weight excluding hydrogens is 387 g/mol. The number of aromatic nitrogens is 4. The van der Waals surface area contributed by atoms with Gasteiger partial charge in [-0.1, -0.05) is 35.3 Å². The summed E-state index contributed by atoms with van der Waals surface area (Å²) in [5.74, 6) is 0. The van der Waals surface area contributed by atoms with Gasteiger partial charge in [0.25, 0.3) is 0 Å². The number of hydrogen-bond donors (Lipinski definition) is 2. The molecule has 0 bridgehead atoms. The van der Waals surface area contributed by atoms with Crippen molar-refractivity contribution < 1.29 is 4.79 Å². The van der Waals surface area contributed by atoms with Crippen LogP contribution in [-0.2, 0) is 0 Å². The first-order valence-electron chi connectivity index (χ1n) is 7.89. The molecule has 9 heteroatoms. The molecule has 2 heterocycles. The Morgan fingerprint density at radius 3 is 2.56 bits per heavy atom. The Morgan fingerprint density at radius 2 is 1.74 bits per heavy atom. The molecule has 0 saturated carbocycles. The van der Waals surface area contributed by atoms with Gasteiger partial charge in [0.1, 0.15) is 6.33 Å². The predicted molar refractivity (Wildman–Crippen MR) is 105 cm³/mol. The number of urea groups is 1. The number of nitrogens with zero attached hydrogens (tertiary/aromatic N) is 4. The van der Waals surface area contributed by atoms with Crippen LogP contribution in [0.25, 0.3) is 16.9 Å². The minimum Gasteiger partial charge on any atom is -0.308 e. The summed E-state index contributed by atoms with van der Waals surface area (Å²) in [6.07, 6.45) is 1.53. The zero-order chi connectivity index (χ0) is 18.8. The topological polar surface area (TPSA) is 84.2 Å². The van der Waals surface area contributed by atoms with Gasteiger partial charge in [-0.2, -0.15) is 9.61 Å². The fraction of sp³-hybridized carbons (Fsp3) is 0. The number of amides is 2.